The first-order chi connectivity index (χ1) is 14.1. The molecule has 5 heteroatoms. The van der Waals surface area contributed by atoms with Gasteiger partial charge < -0.3 is 4.74 Å². The van der Waals surface area contributed by atoms with Crippen LogP contribution in [0, 0.1) is 13.8 Å². The topological polar surface area (TPSA) is 61.2 Å². The van der Waals surface area contributed by atoms with Crippen LogP contribution in [0.25, 0.3) is 5.69 Å². The summed E-state index contributed by atoms with van der Waals surface area (Å²) in [5, 5.41) is 4.44. The Hall–Kier alpha value is -3.21. The summed E-state index contributed by atoms with van der Waals surface area (Å²) in [5.41, 5.74) is 4.88. The molecular formula is C25H28N2O3. The quantitative estimate of drug-likeness (QED) is 0.432. The standard InChI is InChI=1S/C25H28N2O3/c1-16-15-17(2)27(26-16)22-13-9-20(10-14-22)24(29)30-18(3)23(28)19-7-11-21(12-8-19)25(4,5)6/h7-15,18H,1-6H3/t18-/m1/s1. The first-order valence-electron chi connectivity index (χ1n) is 10.1. The molecule has 0 fully saturated rings. The fourth-order valence-corrected chi connectivity index (χ4v) is 3.28. The number of ether oxygens (including phenoxy) is 1. The van der Waals surface area contributed by atoms with Gasteiger partial charge in [-0.3, -0.25) is 4.79 Å². The van der Waals surface area contributed by atoms with Gasteiger partial charge in [0.25, 0.3) is 0 Å². The molecule has 1 atom stereocenters. The van der Waals surface area contributed by atoms with Crippen molar-refractivity contribution in [2.45, 2.75) is 53.1 Å². The molecule has 0 radical (unpaired) electrons. The lowest BCUT2D eigenvalue weighted by Crippen LogP contribution is -2.24. The van der Waals surface area contributed by atoms with Crippen molar-refractivity contribution in [3.8, 4) is 5.69 Å². The molecule has 0 N–H and O–H groups in total. The van der Waals surface area contributed by atoms with E-state index < -0.39 is 12.1 Å². The third-order valence-electron chi connectivity index (χ3n) is 5.05. The van der Waals surface area contributed by atoms with Crippen LogP contribution in [0.4, 0.5) is 0 Å². The van der Waals surface area contributed by atoms with Gasteiger partial charge in [-0.1, -0.05) is 45.0 Å². The van der Waals surface area contributed by atoms with Crippen LogP contribution < -0.4 is 0 Å². The summed E-state index contributed by atoms with van der Waals surface area (Å²) >= 11 is 0. The number of ketones is 1. The highest BCUT2D eigenvalue weighted by molar-refractivity contribution is 6.01. The molecule has 156 valence electrons. The van der Waals surface area contributed by atoms with Gasteiger partial charge in [0.05, 0.1) is 16.9 Å². The van der Waals surface area contributed by atoms with E-state index in [9.17, 15) is 9.59 Å². The Bertz CT molecular complexity index is 1060. The number of esters is 1. The number of aryl methyl sites for hydroxylation is 2. The fraction of sp³-hybridized carbons (Fsp3) is 0.320. The van der Waals surface area contributed by atoms with Gasteiger partial charge >= 0.3 is 5.97 Å². The van der Waals surface area contributed by atoms with Crippen molar-refractivity contribution in [2.24, 2.45) is 0 Å². The number of aromatic nitrogens is 2. The van der Waals surface area contributed by atoms with E-state index >= 15 is 0 Å². The van der Waals surface area contributed by atoms with Crippen molar-refractivity contribution in [1.29, 1.82) is 0 Å². The van der Waals surface area contributed by atoms with Crippen molar-refractivity contribution >= 4 is 11.8 Å². The molecule has 5 nitrogen and oxygen atoms in total. The number of carbonyl (C=O) groups excluding carboxylic acids is 2. The minimum absolute atomic E-state index is 0.0131. The zero-order valence-corrected chi connectivity index (χ0v) is 18.4. The molecule has 0 unspecified atom stereocenters. The predicted molar refractivity (Wildman–Crippen MR) is 117 cm³/mol. The zero-order chi connectivity index (χ0) is 22.1. The number of rotatable bonds is 5. The Morgan fingerprint density at radius 2 is 1.50 bits per heavy atom. The van der Waals surface area contributed by atoms with Crippen LogP contribution in [-0.4, -0.2) is 27.6 Å². The second-order valence-corrected chi connectivity index (χ2v) is 8.62. The van der Waals surface area contributed by atoms with Crippen molar-refractivity contribution < 1.29 is 14.3 Å². The highest BCUT2D eigenvalue weighted by Gasteiger charge is 2.21. The van der Waals surface area contributed by atoms with Crippen LogP contribution in [0.3, 0.4) is 0 Å². The number of benzene rings is 2. The van der Waals surface area contributed by atoms with Crippen molar-refractivity contribution in [3.63, 3.8) is 0 Å². The summed E-state index contributed by atoms with van der Waals surface area (Å²) in [6.45, 7) is 11.9. The lowest BCUT2D eigenvalue weighted by atomic mass is 9.86. The van der Waals surface area contributed by atoms with Gasteiger partial charge in [0.1, 0.15) is 0 Å². The molecular weight excluding hydrogens is 376 g/mol. The van der Waals surface area contributed by atoms with E-state index in [2.05, 4.69) is 25.9 Å². The molecule has 3 aromatic rings. The normalized spacial score (nSPS) is 12.5. The van der Waals surface area contributed by atoms with Crippen LogP contribution in [0.15, 0.2) is 54.6 Å². The second-order valence-electron chi connectivity index (χ2n) is 8.62. The molecule has 30 heavy (non-hydrogen) atoms. The lowest BCUT2D eigenvalue weighted by Gasteiger charge is -2.19. The average molecular weight is 405 g/mol. The maximum absolute atomic E-state index is 12.7. The van der Waals surface area contributed by atoms with Crippen molar-refractivity contribution in [3.05, 3.63) is 82.7 Å². The second kappa shape index (κ2) is 8.27. The summed E-state index contributed by atoms with van der Waals surface area (Å²) in [6.07, 6.45) is -0.867. The monoisotopic (exact) mass is 404 g/mol. The third-order valence-corrected chi connectivity index (χ3v) is 5.05. The zero-order valence-electron chi connectivity index (χ0n) is 18.4. The maximum atomic E-state index is 12.7. The van der Waals surface area contributed by atoms with Crippen molar-refractivity contribution in [2.75, 3.05) is 0 Å². The van der Waals surface area contributed by atoms with E-state index in [1.165, 1.54) is 0 Å². The summed E-state index contributed by atoms with van der Waals surface area (Å²) in [7, 11) is 0. The summed E-state index contributed by atoms with van der Waals surface area (Å²) in [5.74, 6) is -0.745. The summed E-state index contributed by atoms with van der Waals surface area (Å²) < 4.78 is 7.23. The number of hydrogen-bond donors (Lipinski definition) is 0. The Labute approximate surface area is 177 Å². The molecule has 3 rings (SSSR count). The van der Waals surface area contributed by atoms with E-state index in [1.54, 1.807) is 31.2 Å². The van der Waals surface area contributed by atoms with Crippen LogP contribution in [0.5, 0.6) is 0 Å². The molecule has 0 aliphatic heterocycles. The number of nitrogens with zero attached hydrogens (tertiary/aromatic N) is 2. The van der Waals surface area contributed by atoms with Gasteiger partial charge in [-0.05, 0) is 62.1 Å². The van der Waals surface area contributed by atoms with E-state index in [0.29, 0.717) is 11.1 Å². The maximum Gasteiger partial charge on any atom is 0.338 e. The van der Waals surface area contributed by atoms with E-state index in [1.807, 2.05) is 48.9 Å². The summed E-state index contributed by atoms with van der Waals surface area (Å²) in [4.78, 5) is 25.2. The van der Waals surface area contributed by atoms with Crippen LogP contribution >= 0.6 is 0 Å². The third kappa shape index (κ3) is 4.67. The summed E-state index contributed by atoms with van der Waals surface area (Å²) in [6, 6.07) is 16.4. The highest BCUT2D eigenvalue weighted by Crippen LogP contribution is 2.23. The molecule has 0 bridgehead atoms. The first kappa shape index (κ1) is 21.5. The lowest BCUT2D eigenvalue weighted by molar-refractivity contribution is 0.0319. The molecule has 0 aliphatic rings. The highest BCUT2D eigenvalue weighted by atomic mass is 16.5. The van der Waals surface area contributed by atoms with Gasteiger partial charge in [-0.2, -0.15) is 5.10 Å². The number of carbonyl (C=O) groups is 2. The van der Waals surface area contributed by atoms with E-state index in [-0.39, 0.29) is 11.2 Å². The van der Waals surface area contributed by atoms with Gasteiger partial charge in [-0.25, -0.2) is 9.48 Å². The predicted octanol–water partition coefficient (Wildman–Crippen LogP) is 5.21. The molecule has 0 saturated heterocycles. The van der Waals surface area contributed by atoms with Gasteiger partial charge in [0.2, 0.25) is 5.78 Å². The van der Waals surface area contributed by atoms with Gasteiger partial charge in [-0.15, -0.1) is 0 Å². The molecule has 0 amide bonds. The Balaban J connectivity index is 1.67. The minimum Gasteiger partial charge on any atom is -0.451 e. The smallest absolute Gasteiger partial charge is 0.338 e. The minimum atomic E-state index is -0.867. The van der Waals surface area contributed by atoms with Crippen LogP contribution in [-0.2, 0) is 10.2 Å². The fourth-order valence-electron chi connectivity index (χ4n) is 3.28. The van der Waals surface area contributed by atoms with Gasteiger partial charge in [0.15, 0.2) is 6.10 Å². The number of Topliss-reactive ketones (excluding diaryl/α,β-unsaturated/α-hetero) is 1. The van der Waals surface area contributed by atoms with Crippen LogP contribution in [0.2, 0.25) is 0 Å². The number of hydrogen-bond acceptors (Lipinski definition) is 4. The Kier molecular flexibility index (Phi) is 5.92. The molecule has 1 heterocycles. The molecule has 2 aromatic carbocycles. The molecule has 0 spiro atoms. The van der Waals surface area contributed by atoms with E-state index in [4.69, 9.17) is 4.74 Å². The Morgan fingerprint density at radius 1 is 0.933 bits per heavy atom. The molecule has 0 aliphatic carbocycles. The van der Waals surface area contributed by atoms with Crippen molar-refractivity contribution in [1.82, 2.24) is 9.78 Å². The average Bonchev–Trinajstić information content (AvgIpc) is 3.04. The molecule has 1 aromatic heterocycles. The first-order valence-corrected chi connectivity index (χ1v) is 10.1. The van der Waals surface area contributed by atoms with Crippen LogP contribution in [0.1, 0.15) is 65.4 Å². The molecule has 0 saturated carbocycles. The Morgan fingerprint density at radius 3 is 2.00 bits per heavy atom. The van der Waals surface area contributed by atoms with Gasteiger partial charge in [0, 0.05) is 11.3 Å². The van der Waals surface area contributed by atoms with E-state index in [0.717, 1.165) is 22.6 Å². The SMILES string of the molecule is Cc1cc(C)n(-c2ccc(C(=O)O[C@H](C)C(=O)c3ccc(C(C)(C)C)cc3)cc2)n1. The largest absolute Gasteiger partial charge is 0.451 e.